The van der Waals surface area contributed by atoms with Crippen molar-refractivity contribution in [3.63, 3.8) is 0 Å². The lowest BCUT2D eigenvalue weighted by Gasteiger charge is -2.63. The van der Waals surface area contributed by atoms with E-state index < -0.39 is 18.0 Å². The molecule has 0 aromatic rings. The lowest BCUT2D eigenvalue weighted by atomic mass is 9.43. The molecule has 0 saturated heterocycles. The molecule has 4 aliphatic rings. The molecule has 0 amide bonds. The summed E-state index contributed by atoms with van der Waals surface area (Å²) < 4.78 is 0. The van der Waals surface area contributed by atoms with Gasteiger partial charge in [0.05, 0.1) is 24.2 Å². The van der Waals surface area contributed by atoms with Crippen LogP contribution in [0.5, 0.6) is 0 Å². The van der Waals surface area contributed by atoms with Crippen molar-refractivity contribution in [3.05, 3.63) is 12.7 Å². The van der Waals surface area contributed by atoms with Crippen LogP contribution in [0.25, 0.3) is 0 Å². The van der Waals surface area contributed by atoms with Crippen LogP contribution < -0.4 is 0 Å². The monoisotopic (exact) mass is 448 g/mol. The van der Waals surface area contributed by atoms with Crippen LogP contribution in [-0.4, -0.2) is 44.7 Å². The fourth-order valence-corrected chi connectivity index (χ4v) is 9.24. The summed E-state index contributed by atoms with van der Waals surface area (Å²) in [6.07, 6.45) is 7.77. The molecule has 0 spiro atoms. The lowest BCUT2D eigenvalue weighted by Crippen LogP contribution is -2.62. The van der Waals surface area contributed by atoms with Gasteiger partial charge in [-0.2, -0.15) is 0 Å². The van der Waals surface area contributed by atoms with E-state index in [4.69, 9.17) is 0 Å². The number of aliphatic hydroxyl groups excluding tert-OH is 3. The van der Waals surface area contributed by atoms with E-state index in [2.05, 4.69) is 27.4 Å². The zero-order valence-corrected chi connectivity index (χ0v) is 20.1. The zero-order chi connectivity index (χ0) is 23.4. The van der Waals surface area contributed by atoms with Crippen molar-refractivity contribution >= 4 is 5.97 Å². The molecule has 12 atom stereocenters. The minimum absolute atomic E-state index is 0.0769. The van der Waals surface area contributed by atoms with Crippen molar-refractivity contribution in [1.82, 2.24) is 0 Å². The maximum atomic E-state index is 11.7. The molecule has 0 aromatic carbocycles. The zero-order valence-electron chi connectivity index (χ0n) is 20.1. The predicted octanol–water partition coefficient (Wildman–Crippen LogP) is 4.25. The number of allylic oxidation sites excluding steroid dienone is 1. The quantitative estimate of drug-likeness (QED) is 0.455. The first-order valence-corrected chi connectivity index (χ1v) is 12.9. The van der Waals surface area contributed by atoms with E-state index >= 15 is 0 Å². The number of rotatable bonds is 6. The highest BCUT2D eigenvalue weighted by atomic mass is 16.4. The van der Waals surface area contributed by atoms with Crippen LogP contribution in [0, 0.1) is 52.3 Å². The Morgan fingerprint density at radius 1 is 1.09 bits per heavy atom. The van der Waals surface area contributed by atoms with Crippen LogP contribution in [-0.2, 0) is 4.79 Å². The Bertz CT molecular complexity index is 723. The Balaban J connectivity index is 1.59. The van der Waals surface area contributed by atoms with Crippen molar-refractivity contribution < 1.29 is 25.2 Å². The summed E-state index contributed by atoms with van der Waals surface area (Å²) in [6, 6.07) is 0. The van der Waals surface area contributed by atoms with Gasteiger partial charge in [0.2, 0.25) is 0 Å². The van der Waals surface area contributed by atoms with Crippen molar-refractivity contribution in [2.75, 3.05) is 0 Å². The van der Waals surface area contributed by atoms with Crippen molar-refractivity contribution in [2.45, 2.75) is 96.9 Å². The molecule has 0 bridgehead atoms. The predicted molar refractivity (Wildman–Crippen MR) is 124 cm³/mol. The van der Waals surface area contributed by atoms with Crippen molar-refractivity contribution in [3.8, 4) is 0 Å². The highest BCUT2D eigenvalue weighted by Gasteiger charge is 2.65. The van der Waals surface area contributed by atoms with Crippen LogP contribution in [0.15, 0.2) is 12.7 Å². The van der Waals surface area contributed by atoms with Gasteiger partial charge in [-0.25, -0.2) is 0 Å². The second-order valence-corrected chi connectivity index (χ2v) is 12.3. The molecule has 0 radical (unpaired) electrons. The first-order valence-electron chi connectivity index (χ1n) is 12.9. The summed E-state index contributed by atoms with van der Waals surface area (Å²) in [7, 11) is 0. The molecule has 5 heteroatoms. The Morgan fingerprint density at radius 3 is 2.47 bits per heavy atom. The molecule has 0 aliphatic heterocycles. The van der Waals surface area contributed by atoms with Gasteiger partial charge >= 0.3 is 5.97 Å². The molecule has 182 valence electrons. The maximum Gasteiger partial charge on any atom is 0.306 e. The fourth-order valence-electron chi connectivity index (χ4n) is 9.24. The van der Waals surface area contributed by atoms with E-state index in [0.29, 0.717) is 24.7 Å². The van der Waals surface area contributed by atoms with Crippen LogP contribution in [0.4, 0.5) is 0 Å². The number of carboxylic acid groups (broad SMARTS) is 1. The molecule has 4 N–H and O–H groups in total. The fraction of sp³-hybridized carbons (Fsp3) is 0.889. The van der Waals surface area contributed by atoms with Gasteiger partial charge in [-0.3, -0.25) is 4.79 Å². The second kappa shape index (κ2) is 8.70. The Morgan fingerprint density at radius 2 is 1.81 bits per heavy atom. The SMILES string of the molecule is C=CC[C@H](C[C@@H](C)[C@H]1CC[C@H]2[C@@H]3[C@H](O)C[C@@H]4C[C@H](O)CC[C@]4(C)[C@H]3C[C@H](O)[C@]12C)C(=O)O. The normalized spacial score (nSPS) is 49.9. The minimum Gasteiger partial charge on any atom is -0.481 e. The van der Waals surface area contributed by atoms with E-state index in [-0.39, 0.29) is 46.7 Å². The van der Waals surface area contributed by atoms with Gasteiger partial charge in [-0.1, -0.05) is 26.8 Å². The number of carbonyl (C=O) groups is 1. The van der Waals surface area contributed by atoms with E-state index in [1.54, 1.807) is 6.08 Å². The third-order valence-electron chi connectivity index (χ3n) is 11.0. The Labute approximate surface area is 193 Å². The maximum absolute atomic E-state index is 11.7. The highest BCUT2D eigenvalue weighted by molar-refractivity contribution is 5.70. The van der Waals surface area contributed by atoms with Crippen LogP contribution >= 0.6 is 0 Å². The molecule has 0 aromatic heterocycles. The van der Waals surface area contributed by atoms with Gasteiger partial charge in [-0.05, 0) is 104 Å². The van der Waals surface area contributed by atoms with Crippen LogP contribution in [0.2, 0.25) is 0 Å². The van der Waals surface area contributed by atoms with Crippen LogP contribution in [0.1, 0.15) is 78.6 Å². The van der Waals surface area contributed by atoms with Gasteiger partial charge in [0.25, 0.3) is 0 Å². The molecule has 4 saturated carbocycles. The standard InChI is InChI=1S/C27H44O5/c1-5-6-16(25(31)32)11-15(2)19-7-8-20-24-21(14-23(30)27(19,20)4)26(3)10-9-18(28)12-17(26)13-22(24)29/h5,15-24,28-30H,1,6-14H2,2-4H3,(H,31,32)/t15-,16-,17+,18-,19-,20+,21+,22-,23+,24+,26+,27-/m1/s1. The first-order chi connectivity index (χ1) is 15.0. The van der Waals surface area contributed by atoms with Gasteiger partial charge in [0, 0.05) is 0 Å². The summed E-state index contributed by atoms with van der Waals surface area (Å²) in [6.45, 7) is 10.5. The van der Waals surface area contributed by atoms with E-state index in [1.807, 2.05) is 0 Å². The lowest BCUT2D eigenvalue weighted by molar-refractivity contribution is -0.207. The molecule has 5 nitrogen and oxygen atoms in total. The van der Waals surface area contributed by atoms with Crippen LogP contribution in [0.3, 0.4) is 0 Å². The molecule has 32 heavy (non-hydrogen) atoms. The minimum atomic E-state index is -0.762. The van der Waals surface area contributed by atoms with Gasteiger partial charge in [0.15, 0.2) is 0 Å². The number of hydrogen-bond acceptors (Lipinski definition) is 4. The Kier molecular flexibility index (Phi) is 6.59. The topological polar surface area (TPSA) is 98.0 Å². The number of hydrogen-bond donors (Lipinski definition) is 4. The van der Waals surface area contributed by atoms with Crippen molar-refractivity contribution in [1.29, 1.82) is 0 Å². The molecular weight excluding hydrogens is 404 g/mol. The number of fused-ring (bicyclic) bond motifs is 5. The third kappa shape index (κ3) is 3.67. The number of carboxylic acids is 1. The summed E-state index contributed by atoms with van der Waals surface area (Å²) in [5.41, 5.74) is -0.205. The highest BCUT2D eigenvalue weighted by Crippen LogP contribution is 2.68. The molecule has 4 fully saturated rings. The van der Waals surface area contributed by atoms with Gasteiger partial charge < -0.3 is 20.4 Å². The average Bonchev–Trinajstić information content (AvgIpc) is 3.08. The number of aliphatic hydroxyl groups is 3. The second-order valence-electron chi connectivity index (χ2n) is 12.3. The van der Waals surface area contributed by atoms with E-state index in [0.717, 1.165) is 44.9 Å². The molecule has 0 unspecified atom stereocenters. The molecule has 4 rings (SSSR count). The largest absolute Gasteiger partial charge is 0.481 e. The van der Waals surface area contributed by atoms with Gasteiger partial charge in [-0.15, -0.1) is 6.58 Å². The first kappa shape index (κ1) is 24.2. The smallest absolute Gasteiger partial charge is 0.306 e. The summed E-state index contributed by atoms with van der Waals surface area (Å²) in [5.74, 6) is 0.358. The molecule has 0 heterocycles. The number of aliphatic carboxylic acids is 1. The third-order valence-corrected chi connectivity index (χ3v) is 11.0. The average molecular weight is 449 g/mol. The molecule has 4 aliphatic carbocycles. The van der Waals surface area contributed by atoms with E-state index in [1.165, 1.54) is 0 Å². The summed E-state index contributed by atoms with van der Waals surface area (Å²) in [4.78, 5) is 11.7. The van der Waals surface area contributed by atoms with E-state index in [9.17, 15) is 25.2 Å². The van der Waals surface area contributed by atoms with Gasteiger partial charge in [0.1, 0.15) is 0 Å². The Hall–Kier alpha value is -0.910. The van der Waals surface area contributed by atoms with Crippen molar-refractivity contribution in [2.24, 2.45) is 52.3 Å². The molecular formula is C27H44O5. The summed E-state index contributed by atoms with van der Waals surface area (Å²) >= 11 is 0. The summed E-state index contributed by atoms with van der Waals surface area (Å²) in [5, 5.41) is 42.9.